The topological polar surface area (TPSA) is 33.1 Å². The van der Waals surface area contributed by atoms with Crippen molar-refractivity contribution in [2.75, 3.05) is 26.7 Å². The van der Waals surface area contributed by atoms with Gasteiger partial charge < -0.3 is 10.2 Å². The van der Waals surface area contributed by atoms with Gasteiger partial charge in [0.1, 0.15) is 0 Å². The number of aromatic nitrogens is 2. The summed E-state index contributed by atoms with van der Waals surface area (Å²) in [5, 5.41) is 8.33. The van der Waals surface area contributed by atoms with Crippen LogP contribution in [0, 0.1) is 5.41 Å². The molecule has 4 nitrogen and oxygen atoms in total. The Balaban J connectivity index is 1.92. The highest BCUT2D eigenvalue weighted by molar-refractivity contribution is 5.23. The lowest BCUT2D eigenvalue weighted by molar-refractivity contribution is 0.136. The molecular formula is C17H32N4. The lowest BCUT2D eigenvalue weighted by Gasteiger charge is -2.38. The Morgan fingerprint density at radius 2 is 1.86 bits per heavy atom. The first kappa shape index (κ1) is 16.5. The molecule has 0 radical (unpaired) electrons. The first-order chi connectivity index (χ1) is 9.70. The molecule has 4 heteroatoms. The van der Waals surface area contributed by atoms with Crippen molar-refractivity contribution in [2.24, 2.45) is 12.5 Å². The fourth-order valence-corrected chi connectivity index (χ4v) is 3.13. The fourth-order valence-electron chi connectivity index (χ4n) is 3.13. The van der Waals surface area contributed by atoms with Crippen LogP contribution in [-0.2, 0) is 19.0 Å². The van der Waals surface area contributed by atoms with Gasteiger partial charge in [-0.25, -0.2) is 0 Å². The van der Waals surface area contributed by atoms with E-state index in [1.165, 1.54) is 37.2 Å². The highest BCUT2D eigenvalue weighted by atomic mass is 15.3. The molecule has 0 spiro atoms. The van der Waals surface area contributed by atoms with E-state index in [0.717, 1.165) is 13.1 Å². The predicted molar refractivity (Wildman–Crippen MR) is 88.5 cm³/mol. The van der Waals surface area contributed by atoms with Gasteiger partial charge in [0.15, 0.2) is 0 Å². The number of piperidine rings is 1. The molecule has 0 amide bonds. The summed E-state index contributed by atoms with van der Waals surface area (Å²) in [6, 6.07) is 0. The second-order valence-electron chi connectivity index (χ2n) is 8.14. The van der Waals surface area contributed by atoms with Crippen LogP contribution in [0.15, 0.2) is 6.20 Å². The summed E-state index contributed by atoms with van der Waals surface area (Å²) in [5.41, 5.74) is 3.10. The predicted octanol–water partition coefficient (Wildman–Crippen LogP) is 2.54. The number of rotatable bonds is 4. The molecule has 0 atom stereocenters. The van der Waals surface area contributed by atoms with E-state index in [9.17, 15) is 0 Å². The van der Waals surface area contributed by atoms with E-state index in [1.54, 1.807) is 0 Å². The minimum atomic E-state index is 0.107. The minimum Gasteiger partial charge on any atom is -0.312 e. The molecule has 1 fully saturated rings. The van der Waals surface area contributed by atoms with Crippen LogP contribution >= 0.6 is 0 Å². The normalized spacial score (nSPS) is 19.9. The maximum Gasteiger partial charge on any atom is 0.0722 e. The molecule has 1 aromatic heterocycles. The summed E-state index contributed by atoms with van der Waals surface area (Å²) in [7, 11) is 4.23. The molecule has 21 heavy (non-hydrogen) atoms. The zero-order valence-electron chi connectivity index (χ0n) is 14.7. The molecule has 0 unspecified atom stereocenters. The third-order valence-electron chi connectivity index (χ3n) is 4.68. The monoisotopic (exact) mass is 292 g/mol. The average molecular weight is 292 g/mol. The second kappa shape index (κ2) is 6.09. The van der Waals surface area contributed by atoms with Crippen molar-refractivity contribution in [3.63, 3.8) is 0 Å². The number of hydrogen-bond acceptors (Lipinski definition) is 3. The third-order valence-corrected chi connectivity index (χ3v) is 4.68. The van der Waals surface area contributed by atoms with Gasteiger partial charge >= 0.3 is 0 Å². The Morgan fingerprint density at radius 3 is 2.43 bits per heavy atom. The first-order valence-electron chi connectivity index (χ1n) is 8.12. The molecule has 1 aliphatic heterocycles. The SMILES string of the molecule is CN1CCC(C)(CNCc2cn(C)nc2C(C)(C)C)CC1. The van der Waals surface area contributed by atoms with Crippen LogP contribution < -0.4 is 5.32 Å². The molecule has 120 valence electrons. The van der Waals surface area contributed by atoms with Gasteiger partial charge in [-0.1, -0.05) is 27.7 Å². The Bertz CT molecular complexity index is 462. The number of nitrogens with one attached hydrogen (secondary N) is 1. The molecule has 1 saturated heterocycles. The molecule has 0 bridgehead atoms. The van der Waals surface area contributed by atoms with E-state index in [0.29, 0.717) is 5.41 Å². The lowest BCUT2D eigenvalue weighted by atomic mass is 9.80. The van der Waals surface area contributed by atoms with Gasteiger partial charge in [0.25, 0.3) is 0 Å². The van der Waals surface area contributed by atoms with Crippen molar-refractivity contribution in [1.82, 2.24) is 20.0 Å². The van der Waals surface area contributed by atoms with E-state index < -0.39 is 0 Å². The van der Waals surface area contributed by atoms with Crippen LogP contribution in [-0.4, -0.2) is 41.4 Å². The maximum atomic E-state index is 4.64. The van der Waals surface area contributed by atoms with Gasteiger partial charge in [-0.3, -0.25) is 4.68 Å². The number of likely N-dealkylation sites (tertiary alicyclic amines) is 1. The molecule has 1 aliphatic rings. The van der Waals surface area contributed by atoms with Gasteiger partial charge in [-0.05, 0) is 38.4 Å². The first-order valence-corrected chi connectivity index (χ1v) is 8.12. The Labute approximate surface area is 129 Å². The zero-order valence-corrected chi connectivity index (χ0v) is 14.7. The smallest absolute Gasteiger partial charge is 0.0722 e. The number of hydrogen-bond donors (Lipinski definition) is 1. The molecule has 1 N–H and O–H groups in total. The maximum absolute atomic E-state index is 4.64. The summed E-state index contributed by atoms with van der Waals surface area (Å²) in [6.07, 6.45) is 4.73. The largest absolute Gasteiger partial charge is 0.312 e. The summed E-state index contributed by atoms with van der Waals surface area (Å²) in [4.78, 5) is 2.43. The van der Waals surface area contributed by atoms with Crippen LogP contribution in [0.5, 0.6) is 0 Å². The Kier molecular flexibility index (Phi) is 4.79. The quantitative estimate of drug-likeness (QED) is 0.926. The van der Waals surface area contributed by atoms with E-state index in [4.69, 9.17) is 0 Å². The Morgan fingerprint density at radius 1 is 1.24 bits per heavy atom. The average Bonchev–Trinajstić information content (AvgIpc) is 2.75. The Hall–Kier alpha value is -0.870. The van der Waals surface area contributed by atoms with Gasteiger partial charge in [-0.2, -0.15) is 5.10 Å². The molecular weight excluding hydrogens is 260 g/mol. The van der Waals surface area contributed by atoms with E-state index in [2.05, 4.69) is 56.3 Å². The van der Waals surface area contributed by atoms with Gasteiger partial charge in [0.05, 0.1) is 5.69 Å². The molecule has 0 saturated carbocycles. The van der Waals surface area contributed by atoms with Crippen LogP contribution in [0.1, 0.15) is 51.8 Å². The standard InChI is InChI=1S/C17H32N4/c1-16(2,3)15-14(12-21(6)19-15)11-18-13-17(4)7-9-20(5)10-8-17/h12,18H,7-11,13H2,1-6H3. The number of aryl methyl sites for hydroxylation is 1. The van der Waals surface area contributed by atoms with E-state index in [1.807, 2.05) is 11.7 Å². The highest BCUT2D eigenvalue weighted by Crippen LogP contribution is 2.30. The van der Waals surface area contributed by atoms with Crippen molar-refractivity contribution in [1.29, 1.82) is 0 Å². The molecule has 2 heterocycles. The van der Waals surface area contributed by atoms with E-state index >= 15 is 0 Å². The molecule has 2 rings (SSSR count). The molecule has 0 aromatic carbocycles. The fraction of sp³-hybridized carbons (Fsp3) is 0.824. The van der Waals surface area contributed by atoms with Gasteiger partial charge in [-0.15, -0.1) is 0 Å². The number of nitrogens with zero attached hydrogens (tertiary/aromatic N) is 3. The van der Waals surface area contributed by atoms with Crippen LogP contribution in [0.25, 0.3) is 0 Å². The van der Waals surface area contributed by atoms with Crippen LogP contribution in [0.3, 0.4) is 0 Å². The van der Waals surface area contributed by atoms with Crippen molar-refractivity contribution in [3.05, 3.63) is 17.5 Å². The summed E-state index contributed by atoms with van der Waals surface area (Å²) >= 11 is 0. The van der Waals surface area contributed by atoms with Crippen molar-refractivity contribution in [2.45, 2.75) is 52.5 Å². The summed E-state index contributed by atoms with van der Waals surface area (Å²) < 4.78 is 1.94. The molecule has 1 aromatic rings. The third kappa shape index (κ3) is 4.30. The van der Waals surface area contributed by atoms with Crippen LogP contribution in [0.4, 0.5) is 0 Å². The van der Waals surface area contributed by atoms with Gasteiger partial charge in [0.2, 0.25) is 0 Å². The lowest BCUT2D eigenvalue weighted by Crippen LogP contribution is -2.42. The summed E-state index contributed by atoms with van der Waals surface area (Å²) in [5.74, 6) is 0. The zero-order chi connectivity index (χ0) is 15.7. The van der Waals surface area contributed by atoms with Gasteiger partial charge in [0, 0.05) is 37.3 Å². The highest BCUT2D eigenvalue weighted by Gasteiger charge is 2.28. The van der Waals surface area contributed by atoms with Crippen molar-refractivity contribution < 1.29 is 0 Å². The minimum absolute atomic E-state index is 0.107. The van der Waals surface area contributed by atoms with Crippen molar-refractivity contribution >= 4 is 0 Å². The molecule has 0 aliphatic carbocycles. The second-order valence-corrected chi connectivity index (χ2v) is 8.14. The van der Waals surface area contributed by atoms with E-state index in [-0.39, 0.29) is 5.41 Å². The van der Waals surface area contributed by atoms with Crippen molar-refractivity contribution in [3.8, 4) is 0 Å². The summed E-state index contributed by atoms with van der Waals surface area (Å²) in [6.45, 7) is 13.6. The van der Waals surface area contributed by atoms with Crippen LogP contribution in [0.2, 0.25) is 0 Å².